The van der Waals surface area contributed by atoms with Gasteiger partial charge in [-0.1, -0.05) is 18.0 Å². The van der Waals surface area contributed by atoms with Crippen LogP contribution in [-0.2, 0) is 6.42 Å². The van der Waals surface area contributed by atoms with Crippen molar-refractivity contribution in [3.05, 3.63) is 22.7 Å². The summed E-state index contributed by atoms with van der Waals surface area (Å²) >= 11 is 6.37. The highest BCUT2D eigenvalue weighted by Crippen LogP contribution is 2.48. The smallest absolute Gasteiger partial charge is 0.179 e. The van der Waals surface area contributed by atoms with Gasteiger partial charge >= 0.3 is 0 Å². The number of nitrogens with two attached hydrogens (primary N) is 1. The summed E-state index contributed by atoms with van der Waals surface area (Å²) in [7, 11) is 1.66. The number of rotatable bonds is 6. The normalized spacial score (nSPS) is 27.1. The number of ether oxygens (including phenoxy) is 2. The van der Waals surface area contributed by atoms with Crippen LogP contribution < -0.4 is 15.2 Å². The molecule has 21 heavy (non-hydrogen) atoms. The Labute approximate surface area is 131 Å². The molecule has 0 heterocycles. The van der Waals surface area contributed by atoms with E-state index in [4.69, 9.17) is 26.8 Å². The summed E-state index contributed by atoms with van der Waals surface area (Å²) in [6, 6.07) is 3.92. The lowest BCUT2D eigenvalue weighted by Gasteiger charge is -2.23. The highest BCUT2D eigenvalue weighted by Gasteiger charge is 2.39. The fourth-order valence-corrected chi connectivity index (χ4v) is 4.28. The van der Waals surface area contributed by atoms with Crippen LogP contribution in [0.2, 0.25) is 5.02 Å². The van der Waals surface area contributed by atoms with Crippen LogP contribution in [-0.4, -0.2) is 20.3 Å². The highest BCUT2D eigenvalue weighted by atomic mass is 35.5. The summed E-state index contributed by atoms with van der Waals surface area (Å²) in [4.78, 5) is 0. The van der Waals surface area contributed by atoms with E-state index in [1.165, 1.54) is 25.7 Å². The monoisotopic (exact) mass is 309 g/mol. The third-order valence-electron chi connectivity index (χ3n) is 5.05. The highest BCUT2D eigenvalue weighted by molar-refractivity contribution is 6.32. The standard InChI is InChI=1S/C17H24ClNO2/c1-20-16-9-12(4-5-19)8-15(18)17(16)21-10-14-7-11-2-3-13(14)6-11/h8-9,11,13-14H,2-7,10,19H2,1H3. The van der Waals surface area contributed by atoms with Gasteiger partial charge in [0.1, 0.15) is 0 Å². The molecule has 0 spiro atoms. The van der Waals surface area contributed by atoms with E-state index in [0.717, 1.165) is 30.4 Å². The zero-order chi connectivity index (χ0) is 14.8. The predicted molar refractivity (Wildman–Crippen MR) is 85.2 cm³/mol. The molecule has 116 valence electrons. The first kappa shape index (κ1) is 15.0. The molecule has 1 aromatic carbocycles. The molecule has 0 saturated heterocycles. The van der Waals surface area contributed by atoms with Gasteiger partial charge in [-0.3, -0.25) is 0 Å². The van der Waals surface area contributed by atoms with Crippen molar-refractivity contribution in [1.82, 2.24) is 0 Å². The van der Waals surface area contributed by atoms with E-state index < -0.39 is 0 Å². The average molecular weight is 310 g/mol. The summed E-state index contributed by atoms with van der Waals surface area (Å²) in [5, 5.41) is 0.626. The average Bonchev–Trinajstić information content (AvgIpc) is 3.08. The second-order valence-electron chi connectivity index (χ2n) is 6.39. The van der Waals surface area contributed by atoms with Crippen molar-refractivity contribution in [3.8, 4) is 11.5 Å². The van der Waals surface area contributed by atoms with Crippen molar-refractivity contribution in [2.24, 2.45) is 23.5 Å². The molecule has 0 radical (unpaired) electrons. The first-order chi connectivity index (χ1) is 10.2. The van der Waals surface area contributed by atoms with Gasteiger partial charge in [0.25, 0.3) is 0 Å². The summed E-state index contributed by atoms with van der Waals surface area (Å²) in [6.07, 6.45) is 6.30. The van der Waals surface area contributed by atoms with E-state index in [2.05, 4.69) is 0 Å². The minimum Gasteiger partial charge on any atom is -0.493 e. The van der Waals surface area contributed by atoms with Gasteiger partial charge in [-0.25, -0.2) is 0 Å². The second kappa shape index (κ2) is 6.45. The Balaban J connectivity index is 1.69. The largest absolute Gasteiger partial charge is 0.493 e. The van der Waals surface area contributed by atoms with Crippen molar-refractivity contribution in [2.45, 2.75) is 32.1 Å². The van der Waals surface area contributed by atoms with Gasteiger partial charge in [0, 0.05) is 0 Å². The first-order valence-corrected chi connectivity index (χ1v) is 8.28. The first-order valence-electron chi connectivity index (χ1n) is 7.90. The molecule has 3 rings (SSSR count). The molecule has 2 saturated carbocycles. The van der Waals surface area contributed by atoms with Crippen LogP contribution in [0, 0.1) is 17.8 Å². The maximum absolute atomic E-state index is 6.37. The Hall–Kier alpha value is -0.930. The molecular formula is C17H24ClNO2. The summed E-state index contributed by atoms with van der Waals surface area (Å²) in [6.45, 7) is 1.36. The van der Waals surface area contributed by atoms with Crippen LogP contribution in [0.3, 0.4) is 0 Å². The predicted octanol–water partition coefficient (Wildman–Crippen LogP) is 3.66. The third-order valence-corrected chi connectivity index (χ3v) is 5.33. The maximum atomic E-state index is 6.37. The van der Waals surface area contributed by atoms with E-state index in [0.29, 0.717) is 29.0 Å². The van der Waals surface area contributed by atoms with E-state index >= 15 is 0 Å². The number of hydrogen-bond donors (Lipinski definition) is 1. The van der Waals surface area contributed by atoms with Gasteiger partial charge < -0.3 is 15.2 Å². The van der Waals surface area contributed by atoms with Crippen LogP contribution in [0.1, 0.15) is 31.2 Å². The lowest BCUT2D eigenvalue weighted by Crippen LogP contribution is -2.18. The minimum absolute atomic E-state index is 0.602. The van der Waals surface area contributed by atoms with Gasteiger partial charge in [0.15, 0.2) is 11.5 Å². The number of halogens is 1. The fraction of sp³-hybridized carbons (Fsp3) is 0.647. The molecule has 2 bridgehead atoms. The van der Waals surface area contributed by atoms with Gasteiger partial charge in [-0.15, -0.1) is 0 Å². The Morgan fingerprint density at radius 2 is 2.14 bits per heavy atom. The van der Waals surface area contributed by atoms with Crippen molar-refractivity contribution in [2.75, 3.05) is 20.3 Å². The van der Waals surface area contributed by atoms with Crippen molar-refractivity contribution >= 4 is 11.6 Å². The molecule has 2 aliphatic rings. The van der Waals surface area contributed by atoms with E-state index in [1.807, 2.05) is 12.1 Å². The molecule has 1 aromatic rings. The quantitative estimate of drug-likeness (QED) is 0.872. The molecule has 0 amide bonds. The molecular weight excluding hydrogens is 286 g/mol. The van der Waals surface area contributed by atoms with Gasteiger partial charge in [-0.05, 0) is 67.7 Å². The van der Waals surface area contributed by atoms with E-state index in [1.54, 1.807) is 7.11 Å². The number of hydrogen-bond acceptors (Lipinski definition) is 3. The summed E-state index contributed by atoms with van der Waals surface area (Å²) in [5.74, 6) is 3.88. The van der Waals surface area contributed by atoms with E-state index in [-0.39, 0.29) is 0 Å². The Kier molecular flexibility index (Phi) is 4.60. The molecule has 0 aromatic heterocycles. The lowest BCUT2D eigenvalue weighted by atomic mass is 9.89. The van der Waals surface area contributed by atoms with Crippen LogP contribution in [0.5, 0.6) is 11.5 Å². The van der Waals surface area contributed by atoms with Gasteiger partial charge in [0.2, 0.25) is 0 Å². The molecule has 3 atom stereocenters. The zero-order valence-corrected chi connectivity index (χ0v) is 13.4. The number of methoxy groups -OCH3 is 1. The molecule has 0 aliphatic heterocycles. The van der Waals surface area contributed by atoms with Crippen LogP contribution in [0.15, 0.2) is 12.1 Å². The molecule has 3 nitrogen and oxygen atoms in total. The Morgan fingerprint density at radius 1 is 1.29 bits per heavy atom. The maximum Gasteiger partial charge on any atom is 0.179 e. The lowest BCUT2D eigenvalue weighted by molar-refractivity contribution is 0.190. The van der Waals surface area contributed by atoms with Gasteiger partial charge in [0.05, 0.1) is 18.7 Å². The van der Waals surface area contributed by atoms with Crippen molar-refractivity contribution in [1.29, 1.82) is 0 Å². The fourth-order valence-electron chi connectivity index (χ4n) is 4.00. The summed E-state index contributed by atoms with van der Waals surface area (Å²) < 4.78 is 11.5. The number of fused-ring (bicyclic) bond motifs is 2. The topological polar surface area (TPSA) is 44.5 Å². The van der Waals surface area contributed by atoms with E-state index in [9.17, 15) is 0 Å². The van der Waals surface area contributed by atoms with Crippen molar-refractivity contribution < 1.29 is 9.47 Å². The molecule has 2 N–H and O–H groups in total. The molecule has 3 unspecified atom stereocenters. The molecule has 2 fully saturated rings. The van der Waals surface area contributed by atoms with Crippen LogP contribution in [0.4, 0.5) is 0 Å². The van der Waals surface area contributed by atoms with Crippen molar-refractivity contribution in [3.63, 3.8) is 0 Å². The Bertz CT molecular complexity index is 506. The van der Waals surface area contributed by atoms with Crippen LogP contribution >= 0.6 is 11.6 Å². The number of benzene rings is 1. The third kappa shape index (κ3) is 3.14. The SMILES string of the molecule is COc1cc(CCN)cc(Cl)c1OCC1CC2CCC1C2. The molecule has 2 aliphatic carbocycles. The zero-order valence-electron chi connectivity index (χ0n) is 12.6. The van der Waals surface area contributed by atoms with Gasteiger partial charge in [-0.2, -0.15) is 0 Å². The second-order valence-corrected chi connectivity index (χ2v) is 6.80. The Morgan fingerprint density at radius 3 is 2.76 bits per heavy atom. The minimum atomic E-state index is 0.602. The van der Waals surface area contributed by atoms with Crippen LogP contribution in [0.25, 0.3) is 0 Å². The summed E-state index contributed by atoms with van der Waals surface area (Å²) in [5.41, 5.74) is 6.69. The molecule has 4 heteroatoms.